The van der Waals surface area contributed by atoms with Gasteiger partial charge in [0, 0.05) is 18.9 Å². The first-order chi connectivity index (χ1) is 14.2. The highest BCUT2D eigenvalue weighted by atomic mass is 35.5. The lowest BCUT2D eigenvalue weighted by Gasteiger charge is -2.13. The number of amidine groups is 1. The van der Waals surface area contributed by atoms with Crippen LogP contribution in [0, 0.1) is 6.92 Å². The molecular weight excluding hydrogens is 439 g/mol. The van der Waals surface area contributed by atoms with Gasteiger partial charge in [-0.15, -0.1) is 0 Å². The molecule has 30 heavy (non-hydrogen) atoms. The lowest BCUT2D eigenvalue weighted by Crippen LogP contribution is -2.19. The summed E-state index contributed by atoms with van der Waals surface area (Å²) in [6, 6.07) is 4.72. The van der Waals surface area contributed by atoms with Crippen LogP contribution < -0.4 is 11.1 Å². The van der Waals surface area contributed by atoms with Crippen LogP contribution in [0.1, 0.15) is 31.9 Å². The fourth-order valence-corrected chi connectivity index (χ4v) is 3.44. The van der Waals surface area contributed by atoms with Gasteiger partial charge in [0.15, 0.2) is 0 Å². The number of aromatic nitrogens is 2. The molecule has 0 aliphatic heterocycles. The number of rotatable bonds is 5. The van der Waals surface area contributed by atoms with E-state index in [2.05, 4.69) is 19.7 Å². The van der Waals surface area contributed by atoms with Crippen molar-refractivity contribution in [2.45, 2.75) is 19.6 Å². The number of aliphatic imine (C=N–C) groups is 1. The third kappa shape index (κ3) is 4.95. The summed E-state index contributed by atoms with van der Waals surface area (Å²) in [5, 5.41) is 3.19. The number of nitrogens with zero attached hydrogens (tertiary/aromatic N) is 3. The van der Waals surface area contributed by atoms with E-state index in [0.29, 0.717) is 21.7 Å². The van der Waals surface area contributed by atoms with Crippen LogP contribution in [0.4, 0.5) is 18.9 Å². The standard InChI is InChI=1S/C19H15ClF3N5OS/c1-10-6-27-30-16(10)18(29)28-17(24)15-13(20)8-25-9-14(15)26-7-11-2-4-12(5-3-11)19(21,22)23/h2-6,8-9,26H,7H2,1H3,(H2,24,28,29). The summed E-state index contributed by atoms with van der Waals surface area (Å²) in [5.74, 6) is -0.663. The molecule has 3 N–H and O–H groups in total. The van der Waals surface area contributed by atoms with Gasteiger partial charge in [0.1, 0.15) is 10.7 Å². The quantitative estimate of drug-likeness (QED) is 0.432. The second kappa shape index (κ2) is 8.80. The van der Waals surface area contributed by atoms with Gasteiger partial charge in [0.2, 0.25) is 0 Å². The summed E-state index contributed by atoms with van der Waals surface area (Å²) in [6.45, 7) is 1.92. The van der Waals surface area contributed by atoms with Gasteiger partial charge in [-0.2, -0.15) is 18.2 Å². The number of carbonyl (C=O) groups excluding carboxylic acids is 1. The summed E-state index contributed by atoms with van der Waals surface area (Å²) in [4.78, 5) is 20.6. The predicted octanol–water partition coefficient (Wildman–Crippen LogP) is 4.68. The molecule has 0 aliphatic rings. The number of carbonyl (C=O) groups is 1. The Balaban J connectivity index is 1.82. The van der Waals surface area contributed by atoms with Crippen LogP contribution in [0.25, 0.3) is 0 Å². The van der Waals surface area contributed by atoms with E-state index in [0.717, 1.165) is 23.7 Å². The molecule has 2 heterocycles. The van der Waals surface area contributed by atoms with Gasteiger partial charge in [-0.05, 0) is 41.7 Å². The molecule has 0 fully saturated rings. The van der Waals surface area contributed by atoms with E-state index < -0.39 is 17.6 Å². The molecule has 0 bridgehead atoms. The molecule has 6 nitrogen and oxygen atoms in total. The molecule has 0 aliphatic carbocycles. The summed E-state index contributed by atoms with van der Waals surface area (Å²) >= 11 is 7.22. The average molecular weight is 454 g/mol. The topological polar surface area (TPSA) is 93.3 Å². The molecule has 0 atom stereocenters. The van der Waals surface area contributed by atoms with Crippen molar-refractivity contribution in [1.82, 2.24) is 9.36 Å². The Morgan fingerprint density at radius 3 is 2.53 bits per heavy atom. The van der Waals surface area contributed by atoms with Gasteiger partial charge in [0.25, 0.3) is 5.91 Å². The van der Waals surface area contributed by atoms with E-state index in [-0.39, 0.29) is 23.0 Å². The number of halogens is 4. The Kier molecular flexibility index (Phi) is 6.37. The van der Waals surface area contributed by atoms with Gasteiger partial charge in [-0.3, -0.25) is 9.78 Å². The number of aryl methyl sites for hydroxylation is 1. The highest BCUT2D eigenvalue weighted by molar-refractivity contribution is 7.08. The van der Waals surface area contributed by atoms with Crippen LogP contribution in [-0.2, 0) is 12.7 Å². The van der Waals surface area contributed by atoms with Crippen LogP contribution in [0.5, 0.6) is 0 Å². The lowest BCUT2D eigenvalue weighted by atomic mass is 10.1. The van der Waals surface area contributed by atoms with Crippen LogP contribution in [0.2, 0.25) is 5.02 Å². The minimum Gasteiger partial charge on any atom is -0.383 e. The van der Waals surface area contributed by atoms with Crippen LogP contribution in [0.3, 0.4) is 0 Å². The van der Waals surface area contributed by atoms with Gasteiger partial charge < -0.3 is 11.1 Å². The van der Waals surface area contributed by atoms with E-state index in [1.807, 2.05) is 0 Å². The predicted molar refractivity (Wildman–Crippen MR) is 110 cm³/mol. The third-order valence-electron chi connectivity index (χ3n) is 4.08. The SMILES string of the molecule is Cc1cnsc1C(=O)N=C(N)c1c(Cl)cncc1NCc1ccc(C(F)(F)F)cc1. The highest BCUT2D eigenvalue weighted by Gasteiger charge is 2.29. The number of benzene rings is 1. The molecule has 1 aromatic carbocycles. The molecule has 0 saturated heterocycles. The van der Waals surface area contributed by atoms with E-state index in [9.17, 15) is 18.0 Å². The Morgan fingerprint density at radius 2 is 1.93 bits per heavy atom. The lowest BCUT2D eigenvalue weighted by molar-refractivity contribution is -0.137. The molecule has 11 heteroatoms. The normalized spacial score (nSPS) is 12.1. The maximum atomic E-state index is 12.7. The monoisotopic (exact) mass is 453 g/mol. The number of hydrogen-bond donors (Lipinski definition) is 2. The third-order valence-corrected chi connectivity index (χ3v) is 5.26. The van der Waals surface area contributed by atoms with Crippen molar-refractivity contribution >= 4 is 40.6 Å². The van der Waals surface area contributed by atoms with E-state index in [1.165, 1.54) is 24.5 Å². The van der Waals surface area contributed by atoms with Crippen LogP contribution in [0.15, 0.2) is 47.8 Å². The molecule has 3 rings (SSSR count). The molecule has 0 radical (unpaired) electrons. The van der Waals surface area contributed by atoms with Gasteiger partial charge in [-0.25, -0.2) is 4.37 Å². The molecule has 0 spiro atoms. The molecule has 3 aromatic rings. The van der Waals surface area contributed by atoms with Crippen LogP contribution in [-0.4, -0.2) is 21.1 Å². The number of amides is 1. The Labute approximate surface area is 178 Å². The fourth-order valence-electron chi connectivity index (χ4n) is 2.55. The zero-order valence-electron chi connectivity index (χ0n) is 15.5. The van der Waals surface area contributed by atoms with Crippen molar-refractivity contribution in [1.29, 1.82) is 0 Å². The van der Waals surface area contributed by atoms with Crippen molar-refractivity contribution in [3.8, 4) is 0 Å². The average Bonchev–Trinajstić information content (AvgIpc) is 3.12. The van der Waals surface area contributed by atoms with Gasteiger partial charge in [-0.1, -0.05) is 23.7 Å². The maximum absolute atomic E-state index is 12.7. The number of pyridine rings is 1. The summed E-state index contributed by atoms with van der Waals surface area (Å²) in [7, 11) is 0. The fraction of sp³-hybridized carbons (Fsp3) is 0.158. The van der Waals surface area contributed by atoms with Gasteiger partial charge in [0.05, 0.1) is 28.0 Å². The summed E-state index contributed by atoms with van der Waals surface area (Å²) < 4.78 is 42.0. The van der Waals surface area contributed by atoms with Crippen molar-refractivity contribution in [3.05, 3.63) is 75.0 Å². The minimum atomic E-state index is -4.40. The molecular formula is C19H15ClF3N5OS. The van der Waals surface area contributed by atoms with Crippen molar-refractivity contribution in [2.75, 3.05) is 5.32 Å². The number of nitrogens with two attached hydrogens (primary N) is 1. The Bertz CT molecular complexity index is 1100. The number of anilines is 1. The van der Waals surface area contributed by atoms with Gasteiger partial charge >= 0.3 is 6.18 Å². The van der Waals surface area contributed by atoms with Crippen LogP contribution >= 0.6 is 23.1 Å². The second-order valence-electron chi connectivity index (χ2n) is 6.23. The zero-order valence-corrected chi connectivity index (χ0v) is 17.1. The molecule has 156 valence electrons. The largest absolute Gasteiger partial charge is 0.416 e. The molecule has 2 aromatic heterocycles. The van der Waals surface area contributed by atoms with Crippen molar-refractivity contribution in [3.63, 3.8) is 0 Å². The summed E-state index contributed by atoms with van der Waals surface area (Å²) in [6.07, 6.45) is -0.0505. The molecule has 1 amide bonds. The summed E-state index contributed by atoms with van der Waals surface area (Å²) in [5.41, 5.74) is 7.23. The van der Waals surface area contributed by atoms with E-state index in [1.54, 1.807) is 13.1 Å². The molecule has 0 saturated carbocycles. The maximum Gasteiger partial charge on any atom is 0.416 e. The first-order valence-electron chi connectivity index (χ1n) is 8.50. The Morgan fingerprint density at radius 1 is 1.23 bits per heavy atom. The smallest absolute Gasteiger partial charge is 0.383 e. The minimum absolute atomic E-state index is 0.116. The first-order valence-corrected chi connectivity index (χ1v) is 9.65. The zero-order chi connectivity index (χ0) is 21.9. The van der Waals surface area contributed by atoms with E-state index in [4.69, 9.17) is 17.3 Å². The van der Waals surface area contributed by atoms with Crippen molar-refractivity contribution < 1.29 is 18.0 Å². The highest BCUT2D eigenvalue weighted by Crippen LogP contribution is 2.29. The number of hydrogen-bond acceptors (Lipinski definition) is 5. The second-order valence-corrected chi connectivity index (χ2v) is 7.44. The molecule has 0 unspecified atom stereocenters. The van der Waals surface area contributed by atoms with E-state index >= 15 is 0 Å². The number of nitrogens with one attached hydrogen (secondary N) is 1. The Hall–Kier alpha value is -2.98. The first kappa shape index (κ1) is 21.7. The number of alkyl halides is 3. The van der Waals surface area contributed by atoms with Crippen molar-refractivity contribution in [2.24, 2.45) is 10.7 Å².